The Kier molecular flexibility index (Phi) is 4.73. The first kappa shape index (κ1) is 14.2. The average Bonchev–Trinajstić information content (AvgIpc) is 2.59. The Balaban J connectivity index is 2.48. The summed E-state index contributed by atoms with van der Waals surface area (Å²) >= 11 is 3.12. The second kappa shape index (κ2) is 5.66. The van der Waals surface area contributed by atoms with E-state index < -0.39 is 5.60 Å². The van der Waals surface area contributed by atoms with Crippen molar-refractivity contribution in [2.24, 2.45) is 0 Å². The molecule has 1 aromatic heterocycles. The van der Waals surface area contributed by atoms with Crippen LogP contribution in [0, 0.1) is 0 Å². The second-order valence-electron chi connectivity index (χ2n) is 4.52. The van der Waals surface area contributed by atoms with Crippen molar-refractivity contribution in [2.75, 3.05) is 27.2 Å². The van der Waals surface area contributed by atoms with E-state index in [1.807, 2.05) is 19.0 Å². The van der Waals surface area contributed by atoms with Gasteiger partial charge in [-0.2, -0.15) is 0 Å². The molecule has 2 N–H and O–H groups in total. The first-order valence-electron chi connectivity index (χ1n) is 5.21. The fraction of sp³-hybridized carbons (Fsp3) is 0.545. The van der Waals surface area contributed by atoms with E-state index in [1.165, 1.54) is 0 Å². The molecule has 1 rings (SSSR count). The molecule has 0 fully saturated rings. The molecule has 0 saturated carbocycles. The SMILES string of the molecule is CN(C)CC(C)(O)CNC(=O)c1ccc(Br)o1. The van der Waals surface area contributed by atoms with E-state index in [-0.39, 0.29) is 18.2 Å². The van der Waals surface area contributed by atoms with Gasteiger partial charge in [0.1, 0.15) is 0 Å². The first-order valence-corrected chi connectivity index (χ1v) is 6.00. The van der Waals surface area contributed by atoms with Crippen LogP contribution in [0.1, 0.15) is 17.5 Å². The number of nitrogens with zero attached hydrogens (tertiary/aromatic N) is 1. The Morgan fingerprint density at radius 3 is 2.71 bits per heavy atom. The lowest BCUT2D eigenvalue weighted by Crippen LogP contribution is -2.47. The molecule has 0 aliphatic carbocycles. The van der Waals surface area contributed by atoms with Crippen molar-refractivity contribution >= 4 is 21.8 Å². The maximum Gasteiger partial charge on any atom is 0.287 e. The summed E-state index contributed by atoms with van der Waals surface area (Å²) in [5.74, 6) is -0.118. The van der Waals surface area contributed by atoms with Crippen LogP contribution >= 0.6 is 15.9 Å². The van der Waals surface area contributed by atoms with E-state index in [1.54, 1.807) is 19.1 Å². The highest BCUT2D eigenvalue weighted by Gasteiger charge is 2.23. The number of carbonyl (C=O) groups is 1. The van der Waals surface area contributed by atoms with Gasteiger partial charge in [0.2, 0.25) is 0 Å². The van der Waals surface area contributed by atoms with Gasteiger partial charge in [0.05, 0.1) is 5.60 Å². The van der Waals surface area contributed by atoms with Crippen LogP contribution in [-0.2, 0) is 0 Å². The van der Waals surface area contributed by atoms with Gasteiger partial charge in [0.25, 0.3) is 5.91 Å². The van der Waals surface area contributed by atoms with Crippen LogP contribution in [0.3, 0.4) is 0 Å². The van der Waals surface area contributed by atoms with Crippen molar-refractivity contribution in [3.8, 4) is 0 Å². The highest BCUT2D eigenvalue weighted by Crippen LogP contribution is 2.14. The van der Waals surface area contributed by atoms with E-state index in [0.29, 0.717) is 11.2 Å². The zero-order valence-corrected chi connectivity index (χ0v) is 11.7. The number of furan rings is 1. The summed E-state index contributed by atoms with van der Waals surface area (Å²) in [6.07, 6.45) is 0. The third-order valence-corrected chi connectivity index (χ3v) is 2.51. The first-order chi connectivity index (χ1) is 7.80. The average molecular weight is 305 g/mol. The topological polar surface area (TPSA) is 65.7 Å². The smallest absolute Gasteiger partial charge is 0.287 e. The Morgan fingerprint density at radius 1 is 1.59 bits per heavy atom. The Hall–Kier alpha value is -0.850. The summed E-state index contributed by atoms with van der Waals surface area (Å²) < 4.78 is 5.61. The highest BCUT2D eigenvalue weighted by molar-refractivity contribution is 9.10. The molecule has 1 heterocycles. The summed E-state index contributed by atoms with van der Waals surface area (Å²) in [5, 5.41) is 12.6. The van der Waals surface area contributed by atoms with Gasteiger partial charge in [0.15, 0.2) is 10.4 Å². The minimum Gasteiger partial charge on any atom is -0.444 e. The number of hydrogen-bond donors (Lipinski definition) is 2. The lowest BCUT2D eigenvalue weighted by atomic mass is 10.1. The molecule has 1 amide bonds. The quantitative estimate of drug-likeness (QED) is 0.854. The Labute approximate surface area is 109 Å². The predicted octanol–water partition coefficient (Wildman–Crippen LogP) is 1.08. The molecule has 17 heavy (non-hydrogen) atoms. The number of nitrogens with one attached hydrogen (secondary N) is 1. The van der Waals surface area contributed by atoms with Crippen LogP contribution < -0.4 is 5.32 Å². The van der Waals surface area contributed by atoms with Crippen LogP contribution in [0.2, 0.25) is 0 Å². The molecule has 5 nitrogen and oxygen atoms in total. The van der Waals surface area contributed by atoms with Crippen molar-refractivity contribution < 1.29 is 14.3 Å². The van der Waals surface area contributed by atoms with E-state index in [2.05, 4.69) is 21.2 Å². The molecular formula is C11H17BrN2O3. The van der Waals surface area contributed by atoms with Gasteiger partial charge >= 0.3 is 0 Å². The summed E-state index contributed by atoms with van der Waals surface area (Å²) in [5.41, 5.74) is -0.969. The Bertz CT molecular complexity index is 388. The van der Waals surface area contributed by atoms with Crippen LogP contribution in [-0.4, -0.2) is 48.7 Å². The Morgan fingerprint density at radius 2 is 2.24 bits per heavy atom. The fourth-order valence-electron chi connectivity index (χ4n) is 1.53. The van der Waals surface area contributed by atoms with E-state index in [9.17, 15) is 9.90 Å². The van der Waals surface area contributed by atoms with Gasteiger partial charge in [-0.05, 0) is 49.1 Å². The zero-order chi connectivity index (χ0) is 13.1. The molecule has 1 unspecified atom stereocenters. The minimum absolute atomic E-state index is 0.169. The van der Waals surface area contributed by atoms with Gasteiger partial charge in [-0.1, -0.05) is 0 Å². The van der Waals surface area contributed by atoms with Gasteiger partial charge < -0.3 is 19.7 Å². The summed E-state index contributed by atoms with van der Waals surface area (Å²) in [7, 11) is 3.72. The molecule has 0 saturated heterocycles. The minimum atomic E-state index is -0.969. The van der Waals surface area contributed by atoms with E-state index >= 15 is 0 Å². The molecule has 0 spiro atoms. The monoisotopic (exact) mass is 304 g/mol. The lowest BCUT2D eigenvalue weighted by molar-refractivity contribution is 0.0322. The number of aliphatic hydroxyl groups is 1. The number of hydrogen-bond acceptors (Lipinski definition) is 4. The third kappa shape index (κ3) is 4.89. The number of amides is 1. The van der Waals surface area contributed by atoms with Crippen molar-refractivity contribution in [1.29, 1.82) is 0 Å². The zero-order valence-electron chi connectivity index (χ0n) is 10.2. The largest absolute Gasteiger partial charge is 0.444 e. The molecule has 1 aromatic rings. The number of likely N-dealkylation sites (N-methyl/N-ethyl adjacent to an activating group) is 1. The number of halogens is 1. The molecule has 1 atom stereocenters. The molecule has 0 aromatic carbocycles. The van der Waals surface area contributed by atoms with Crippen LogP contribution in [0.15, 0.2) is 21.2 Å². The fourth-order valence-corrected chi connectivity index (χ4v) is 1.84. The number of rotatable bonds is 5. The summed E-state index contributed by atoms with van der Waals surface area (Å²) in [6, 6.07) is 3.22. The van der Waals surface area contributed by atoms with Gasteiger partial charge in [0, 0.05) is 13.1 Å². The van der Waals surface area contributed by atoms with Gasteiger partial charge in [-0.25, -0.2) is 0 Å². The molecule has 96 valence electrons. The van der Waals surface area contributed by atoms with Gasteiger partial charge in [-0.15, -0.1) is 0 Å². The van der Waals surface area contributed by atoms with E-state index in [4.69, 9.17) is 4.42 Å². The number of carbonyl (C=O) groups excluding carboxylic acids is 1. The van der Waals surface area contributed by atoms with Gasteiger partial charge in [-0.3, -0.25) is 4.79 Å². The van der Waals surface area contributed by atoms with Crippen LogP contribution in [0.5, 0.6) is 0 Å². The normalized spacial score (nSPS) is 14.7. The second-order valence-corrected chi connectivity index (χ2v) is 5.30. The molecule has 0 radical (unpaired) electrons. The predicted molar refractivity (Wildman–Crippen MR) is 67.9 cm³/mol. The van der Waals surface area contributed by atoms with Crippen LogP contribution in [0.25, 0.3) is 0 Å². The molecule has 0 bridgehead atoms. The van der Waals surface area contributed by atoms with Crippen molar-refractivity contribution in [1.82, 2.24) is 10.2 Å². The van der Waals surface area contributed by atoms with E-state index in [0.717, 1.165) is 0 Å². The van der Waals surface area contributed by atoms with Crippen molar-refractivity contribution in [3.63, 3.8) is 0 Å². The molecule has 0 aliphatic heterocycles. The lowest BCUT2D eigenvalue weighted by Gasteiger charge is -2.26. The molecule has 0 aliphatic rings. The summed E-state index contributed by atoms with van der Waals surface area (Å²) in [4.78, 5) is 13.5. The van der Waals surface area contributed by atoms with Crippen molar-refractivity contribution in [2.45, 2.75) is 12.5 Å². The molecule has 6 heteroatoms. The maximum absolute atomic E-state index is 11.6. The maximum atomic E-state index is 11.6. The highest BCUT2D eigenvalue weighted by atomic mass is 79.9. The van der Waals surface area contributed by atoms with Crippen molar-refractivity contribution in [3.05, 3.63) is 22.6 Å². The van der Waals surface area contributed by atoms with Crippen LogP contribution in [0.4, 0.5) is 0 Å². The standard InChI is InChI=1S/C11H17BrN2O3/c1-11(16,7-14(2)3)6-13-10(15)8-4-5-9(12)17-8/h4-5,16H,6-7H2,1-3H3,(H,13,15). The summed E-state index contributed by atoms with van der Waals surface area (Å²) in [6.45, 7) is 2.31. The third-order valence-electron chi connectivity index (χ3n) is 2.08. The molecular weight excluding hydrogens is 288 g/mol.